The van der Waals surface area contributed by atoms with E-state index in [1.54, 1.807) is 17.8 Å². The predicted octanol–water partition coefficient (Wildman–Crippen LogP) is 3.29. The fraction of sp³-hybridized carbons (Fsp3) is 0.692. The van der Waals surface area contributed by atoms with Crippen molar-refractivity contribution in [2.75, 3.05) is 18.6 Å². The van der Waals surface area contributed by atoms with Gasteiger partial charge in [-0.3, -0.25) is 0 Å². The van der Waals surface area contributed by atoms with E-state index in [1.165, 1.54) is 11.3 Å². The Bertz CT molecular complexity index is 544. The van der Waals surface area contributed by atoms with Gasteiger partial charge in [-0.1, -0.05) is 20.8 Å². The Morgan fingerprint density at radius 2 is 2.05 bits per heavy atom. The Morgan fingerprint density at radius 3 is 2.62 bits per heavy atom. The molecule has 0 aliphatic carbocycles. The second kappa shape index (κ2) is 8.88. The largest absolute Gasteiger partial charge is 0.310 e. The molecule has 0 saturated carbocycles. The summed E-state index contributed by atoms with van der Waals surface area (Å²) in [4.78, 5) is 1.34. The van der Waals surface area contributed by atoms with Crippen molar-refractivity contribution in [1.29, 1.82) is 0 Å². The first-order chi connectivity index (χ1) is 9.76. The van der Waals surface area contributed by atoms with Gasteiger partial charge in [0.05, 0.1) is 3.79 Å². The Labute approximate surface area is 144 Å². The Morgan fingerprint density at radius 1 is 1.38 bits per heavy atom. The Hall–Kier alpha value is 0.400. The molecule has 0 aliphatic rings. The first-order valence-corrected chi connectivity index (χ1v) is 11.2. The van der Waals surface area contributed by atoms with Gasteiger partial charge in [0.2, 0.25) is 10.0 Å². The maximum Gasteiger partial charge on any atom is 0.242 e. The van der Waals surface area contributed by atoms with Crippen LogP contribution in [0.2, 0.25) is 0 Å². The van der Waals surface area contributed by atoms with Crippen molar-refractivity contribution < 1.29 is 8.42 Å². The normalized spacial score (nSPS) is 13.8. The third kappa shape index (κ3) is 6.58. The van der Waals surface area contributed by atoms with Crippen molar-refractivity contribution in [3.05, 3.63) is 14.7 Å². The average molecular weight is 415 g/mol. The predicted molar refractivity (Wildman–Crippen MR) is 96.7 cm³/mol. The zero-order chi connectivity index (χ0) is 16.0. The Kier molecular flexibility index (Phi) is 8.23. The molecule has 1 aromatic heterocycles. The van der Waals surface area contributed by atoms with Gasteiger partial charge in [0.1, 0.15) is 4.90 Å². The topological polar surface area (TPSA) is 58.2 Å². The van der Waals surface area contributed by atoms with Gasteiger partial charge in [0.15, 0.2) is 0 Å². The van der Waals surface area contributed by atoms with Gasteiger partial charge in [-0.05, 0) is 39.9 Å². The monoisotopic (exact) mass is 414 g/mol. The van der Waals surface area contributed by atoms with E-state index in [1.807, 2.05) is 13.2 Å². The maximum absolute atomic E-state index is 12.4. The zero-order valence-electron chi connectivity index (χ0n) is 12.8. The number of nitrogens with one attached hydrogen (secondary N) is 2. The summed E-state index contributed by atoms with van der Waals surface area (Å²) in [6, 6.07) is 2.11. The van der Waals surface area contributed by atoms with Crippen LogP contribution in [-0.4, -0.2) is 33.0 Å². The molecule has 1 rings (SSSR count). The van der Waals surface area contributed by atoms with Crippen LogP contribution in [0.25, 0.3) is 0 Å². The minimum Gasteiger partial charge on any atom is -0.310 e. The Balaban J connectivity index is 2.74. The molecule has 0 radical (unpaired) electrons. The minimum absolute atomic E-state index is 0.314. The van der Waals surface area contributed by atoms with E-state index in [4.69, 9.17) is 0 Å². The number of hydrogen-bond donors (Lipinski definition) is 2. The lowest BCUT2D eigenvalue weighted by Crippen LogP contribution is -2.29. The van der Waals surface area contributed by atoms with E-state index >= 15 is 0 Å². The summed E-state index contributed by atoms with van der Waals surface area (Å²) < 4.78 is 28.1. The molecule has 1 aromatic rings. The summed E-state index contributed by atoms with van der Waals surface area (Å²) in [5.41, 5.74) is 0. The van der Waals surface area contributed by atoms with Crippen molar-refractivity contribution in [2.24, 2.45) is 5.92 Å². The molecule has 21 heavy (non-hydrogen) atoms. The molecular formula is C13H23BrN2O2S3. The lowest BCUT2D eigenvalue weighted by atomic mass is 10.2. The molecule has 0 spiro atoms. The lowest BCUT2D eigenvalue weighted by Gasteiger charge is -2.11. The summed E-state index contributed by atoms with van der Waals surface area (Å²) in [6.45, 7) is 7.31. The van der Waals surface area contributed by atoms with E-state index in [2.05, 4.69) is 39.8 Å². The second-order valence-corrected chi connectivity index (χ2v) is 10.4. The quantitative estimate of drug-likeness (QED) is 0.650. The maximum atomic E-state index is 12.4. The highest BCUT2D eigenvalue weighted by Crippen LogP contribution is 2.31. The fourth-order valence-corrected chi connectivity index (χ4v) is 6.13. The van der Waals surface area contributed by atoms with Crippen molar-refractivity contribution in [2.45, 2.75) is 38.3 Å². The second-order valence-electron chi connectivity index (χ2n) is 5.30. The van der Waals surface area contributed by atoms with Crippen molar-refractivity contribution in [3.8, 4) is 0 Å². The summed E-state index contributed by atoms with van der Waals surface area (Å²) in [5.74, 6) is 1.26. The third-order valence-corrected chi connectivity index (χ3v) is 7.33. The molecule has 0 aromatic carbocycles. The first kappa shape index (κ1) is 19.4. The molecule has 0 aliphatic heterocycles. The van der Waals surface area contributed by atoms with Gasteiger partial charge in [0, 0.05) is 24.0 Å². The summed E-state index contributed by atoms with van der Waals surface area (Å²) in [6.07, 6.45) is 2.02. The first-order valence-electron chi connectivity index (χ1n) is 6.76. The highest BCUT2D eigenvalue weighted by Gasteiger charge is 2.21. The molecule has 0 fully saturated rings. The van der Waals surface area contributed by atoms with E-state index in [9.17, 15) is 8.42 Å². The van der Waals surface area contributed by atoms with Crippen LogP contribution in [0.5, 0.6) is 0 Å². The van der Waals surface area contributed by atoms with Crippen LogP contribution in [0.3, 0.4) is 0 Å². The van der Waals surface area contributed by atoms with Gasteiger partial charge in [0.25, 0.3) is 0 Å². The molecule has 122 valence electrons. The van der Waals surface area contributed by atoms with E-state index in [0.717, 1.165) is 10.6 Å². The average Bonchev–Trinajstić information content (AvgIpc) is 2.77. The molecule has 1 atom stereocenters. The number of halogens is 1. The number of thiophene rings is 1. The number of thioether (sulfide) groups is 1. The summed E-state index contributed by atoms with van der Waals surface area (Å²) in [5, 5.41) is 3.29. The van der Waals surface area contributed by atoms with Crippen LogP contribution in [0, 0.1) is 5.92 Å². The molecule has 1 unspecified atom stereocenters. The standard InChI is InChI=1S/C13H23BrN2O2S3/c1-9(2)15-7-11-5-12(13(14)20-11)21(17,18)16-6-10(3)8-19-4/h5,9-10,15-16H,6-8H2,1-4H3. The van der Waals surface area contributed by atoms with Crippen LogP contribution in [-0.2, 0) is 16.6 Å². The SMILES string of the molecule is CSCC(C)CNS(=O)(=O)c1cc(CNC(C)C)sc1Br. The van der Waals surface area contributed by atoms with Gasteiger partial charge in [-0.15, -0.1) is 11.3 Å². The van der Waals surface area contributed by atoms with Crippen molar-refractivity contribution >= 4 is 49.1 Å². The molecule has 0 saturated heterocycles. The number of hydrogen-bond acceptors (Lipinski definition) is 5. The molecule has 8 heteroatoms. The van der Waals surface area contributed by atoms with Crippen LogP contribution < -0.4 is 10.0 Å². The summed E-state index contributed by atoms with van der Waals surface area (Å²) >= 11 is 6.55. The molecule has 4 nitrogen and oxygen atoms in total. The molecule has 0 bridgehead atoms. The van der Waals surface area contributed by atoms with Crippen LogP contribution in [0.1, 0.15) is 25.6 Å². The van der Waals surface area contributed by atoms with Crippen LogP contribution in [0.4, 0.5) is 0 Å². The van der Waals surface area contributed by atoms with E-state index in [-0.39, 0.29) is 0 Å². The molecule has 2 N–H and O–H groups in total. The van der Waals surface area contributed by atoms with Gasteiger partial charge >= 0.3 is 0 Å². The highest BCUT2D eigenvalue weighted by atomic mass is 79.9. The smallest absolute Gasteiger partial charge is 0.242 e. The van der Waals surface area contributed by atoms with Crippen LogP contribution >= 0.6 is 39.0 Å². The number of rotatable bonds is 9. The molecule has 0 amide bonds. The lowest BCUT2D eigenvalue weighted by molar-refractivity contribution is 0.562. The third-order valence-electron chi connectivity index (χ3n) is 2.75. The van der Waals surface area contributed by atoms with Gasteiger partial charge in [-0.2, -0.15) is 11.8 Å². The van der Waals surface area contributed by atoms with Crippen molar-refractivity contribution in [3.63, 3.8) is 0 Å². The van der Waals surface area contributed by atoms with E-state index < -0.39 is 10.0 Å². The molecular weight excluding hydrogens is 392 g/mol. The van der Waals surface area contributed by atoms with E-state index in [0.29, 0.717) is 33.7 Å². The zero-order valence-corrected chi connectivity index (χ0v) is 16.8. The fourth-order valence-electron chi connectivity index (χ4n) is 1.65. The van der Waals surface area contributed by atoms with Gasteiger partial charge in [-0.25, -0.2) is 13.1 Å². The number of sulfonamides is 1. The van der Waals surface area contributed by atoms with Crippen LogP contribution in [0.15, 0.2) is 14.7 Å². The highest BCUT2D eigenvalue weighted by molar-refractivity contribution is 9.11. The minimum atomic E-state index is -3.45. The summed E-state index contributed by atoms with van der Waals surface area (Å²) in [7, 11) is -3.45. The molecule has 1 heterocycles. The van der Waals surface area contributed by atoms with Crippen molar-refractivity contribution in [1.82, 2.24) is 10.0 Å². The van der Waals surface area contributed by atoms with Gasteiger partial charge < -0.3 is 5.32 Å².